The van der Waals surface area contributed by atoms with E-state index >= 15 is 0 Å². The number of carboxylic acid groups (broad SMARTS) is 1. The highest BCUT2D eigenvalue weighted by Gasteiger charge is 2.56. The van der Waals surface area contributed by atoms with Crippen LogP contribution in [0.3, 0.4) is 0 Å². The Hall–Kier alpha value is -3.35. The number of rotatable bonds is 6. The number of amides is 2. The van der Waals surface area contributed by atoms with Crippen LogP contribution in [0.15, 0.2) is 48.5 Å². The molecule has 7 heteroatoms. The van der Waals surface area contributed by atoms with Gasteiger partial charge < -0.3 is 20.1 Å². The quantitative estimate of drug-likeness (QED) is 0.701. The van der Waals surface area contributed by atoms with Gasteiger partial charge in [0.2, 0.25) is 5.91 Å². The molecule has 0 spiro atoms. The lowest BCUT2D eigenvalue weighted by atomic mass is 9.98. The second-order valence-corrected chi connectivity index (χ2v) is 9.24. The van der Waals surface area contributed by atoms with Gasteiger partial charge in [0.15, 0.2) is 0 Å². The fourth-order valence-corrected chi connectivity index (χ4v) is 5.52. The number of ether oxygens (including phenoxy) is 1. The number of benzene rings is 2. The molecule has 2 fully saturated rings. The number of carbonyl (C=O) groups is 3. The van der Waals surface area contributed by atoms with Gasteiger partial charge in [0.25, 0.3) is 0 Å². The van der Waals surface area contributed by atoms with E-state index in [9.17, 15) is 19.5 Å². The summed E-state index contributed by atoms with van der Waals surface area (Å²) in [6.07, 6.45) is 1.50. The molecule has 1 aliphatic heterocycles. The summed E-state index contributed by atoms with van der Waals surface area (Å²) in [5.41, 5.74) is 3.60. The zero-order valence-electron chi connectivity index (χ0n) is 18.6. The van der Waals surface area contributed by atoms with E-state index < -0.39 is 23.5 Å². The van der Waals surface area contributed by atoms with Crippen LogP contribution < -0.4 is 5.32 Å². The molecule has 2 aliphatic carbocycles. The van der Waals surface area contributed by atoms with E-state index in [4.69, 9.17) is 4.74 Å². The summed E-state index contributed by atoms with van der Waals surface area (Å²) >= 11 is 0. The first-order chi connectivity index (χ1) is 15.9. The Morgan fingerprint density at radius 3 is 2.21 bits per heavy atom. The lowest BCUT2D eigenvalue weighted by Crippen LogP contribution is -2.53. The zero-order valence-corrected chi connectivity index (χ0v) is 18.6. The van der Waals surface area contributed by atoms with E-state index in [1.54, 1.807) is 4.90 Å². The van der Waals surface area contributed by atoms with Gasteiger partial charge in [-0.1, -0.05) is 55.5 Å². The Bertz CT molecular complexity index is 1060. The number of aliphatic carboxylic acids is 1. The van der Waals surface area contributed by atoms with Gasteiger partial charge in [0.1, 0.15) is 12.1 Å². The fraction of sp³-hybridized carbons (Fsp3) is 0.423. The molecule has 33 heavy (non-hydrogen) atoms. The van der Waals surface area contributed by atoms with Crippen molar-refractivity contribution in [3.05, 3.63) is 59.7 Å². The molecular formula is C26H28N2O5. The van der Waals surface area contributed by atoms with E-state index in [0.717, 1.165) is 22.3 Å². The average molecular weight is 449 g/mol. The van der Waals surface area contributed by atoms with Gasteiger partial charge >= 0.3 is 12.1 Å². The first kappa shape index (κ1) is 21.5. The Morgan fingerprint density at radius 2 is 1.67 bits per heavy atom. The molecule has 5 rings (SSSR count). The van der Waals surface area contributed by atoms with Crippen LogP contribution in [0, 0.1) is 5.92 Å². The first-order valence-electron chi connectivity index (χ1n) is 11.6. The summed E-state index contributed by atoms with van der Waals surface area (Å²) in [5, 5.41) is 12.3. The van der Waals surface area contributed by atoms with Gasteiger partial charge in [-0.3, -0.25) is 9.59 Å². The number of nitrogens with one attached hydrogen (secondary N) is 1. The Morgan fingerprint density at radius 1 is 1.06 bits per heavy atom. The van der Waals surface area contributed by atoms with Crippen molar-refractivity contribution in [2.45, 2.75) is 50.1 Å². The highest BCUT2D eigenvalue weighted by molar-refractivity contribution is 5.93. The number of alkyl carbamates (subject to hydrolysis) is 1. The predicted molar refractivity (Wildman–Crippen MR) is 122 cm³/mol. The van der Waals surface area contributed by atoms with Crippen LogP contribution in [-0.4, -0.2) is 52.7 Å². The molecule has 0 bridgehead atoms. The molecule has 1 heterocycles. The number of carboxylic acids is 1. The maximum Gasteiger partial charge on any atom is 0.408 e. The van der Waals surface area contributed by atoms with Crippen molar-refractivity contribution in [2.75, 3.05) is 13.2 Å². The summed E-state index contributed by atoms with van der Waals surface area (Å²) in [6.45, 7) is 2.49. The molecule has 1 saturated carbocycles. The lowest BCUT2D eigenvalue weighted by molar-refractivity contribution is -0.144. The highest BCUT2D eigenvalue weighted by Crippen LogP contribution is 2.45. The number of fused-ring (bicyclic) bond motifs is 3. The number of likely N-dealkylation sites (tertiary alicyclic amines) is 1. The van der Waals surface area contributed by atoms with Crippen molar-refractivity contribution in [3.8, 4) is 11.1 Å². The summed E-state index contributed by atoms with van der Waals surface area (Å²) in [7, 11) is 0. The number of nitrogens with zero attached hydrogens (tertiary/aromatic N) is 1. The fourth-order valence-electron chi connectivity index (χ4n) is 5.52. The van der Waals surface area contributed by atoms with Crippen molar-refractivity contribution in [2.24, 2.45) is 5.92 Å². The minimum atomic E-state index is -0.969. The predicted octanol–water partition coefficient (Wildman–Crippen LogP) is 3.77. The second-order valence-electron chi connectivity index (χ2n) is 9.24. The molecule has 2 amide bonds. The molecule has 3 aliphatic rings. The molecule has 2 aromatic rings. The van der Waals surface area contributed by atoms with Crippen molar-refractivity contribution in [1.29, 1.82) is 0 Å². The molecule has 2 unspecified atom stereocenters. The second kappa shape index (κ2) is 8.21. The number of hydrogen-bond acceptors (Lipinski definition) is 4. The summed E-state index contributed by atoms with van der Waals surface area (Å²) < 4.78 is 5.63. The van der Waals surface area contributed by atoms with Gasteiger partial charge in [-0.05, 0) is 47.9 Å². The Labute approximate surface area is 192 Å². The number of hydrogen-bond donors (Lipinski definition) is 2. The van der Waals surface area contributed by atoms with Gasteiger partial charge in [-0.15, -0.1) is 0 Å². The standard InChI is InChI=1S/C26H28N2O5/c1-2-22-20(23(29)30)11-14-28(22)24(31)26(12-13-26)27-25(32)33-15-21-18-9-5-3-7-16(18)17-8-4-6-10-19(17)21/h3-10,20-22H,2,11-15H2,1H3,(H,27,32)(H,29,30). The minimum Gasteiger partial charge on any atom is -0.481 e. The lowest BCUT2D eigenvalue weighted by Gasteiger charge is -2.30. The molecule has 1 saturated heterocycles. The SMILES string of the molecule is CCC1C(C(=O)O)CCN1C(=O)C1(NC(=O)OCC2c3ccccc3-c3ccccc32)CC1. The van der Waals surface area contributed by atoms with Gasteiger partial charge in [-0.25, -0.2) is 4.79 Å². The van der Waals surface area contributed by atoms with Crippen molar-refractivity contribution >= 4 is 18.0 Å². The largest absolute Gasteiger partial charge is 0.481 e. The van der Waals surface area contributed by atoms with Crippen LogP contribution >= 0.6 is 0 Å². The molecular weight excluding hydrogens is 420 g/mol. The summed E-state index contributed by atoms with van der Waals surface area (Å²) in [6, 6.07) is 15.9. The van der Waals surface area contributed by atoms with Crippen LogP contribution in [0.5, 0.6) is 0 Å². The normalized spacial score (nSPS) is 22.4. The van der Waals surface area contributed by atoms with Gasteiger partial charge in [-0.2, -0.15) is 0 Å². The Kier molecular flexibility index (Phi) is 5.35. The molecule has 7 nitrogen and oxygen atoms in total. The number of carbonyl (C=O) groups excluding carboxylic acids is 2. The van der Waals surface area contributed by atoms with E-state index in [2.05, 4.69) is 29.6 Å². The summed E-state index contributed by atoms with van der Waals surface area (Å²) in [5.74, 6) is -1.66. The highest BCUT2D eigenvalue weighted by atomic mass is 16.5. The van der Waals surface area contributed by atoms with Crippen molar-refractivity contribution in [3.63, 3.8) is 0 Å². The van der Waals surface area contributed by atoms with Gasteiger partial charge in [0.05, 0.1) is 5.92 Å². The smallest absolute Gasteiger partial charge is 0.408 e. The molecule has 2 N–H and O–H groups in total. The first-order valence-corrected chi connectivity index (χ1v) is 11.6. The maximum absolute atomic E-state index is 13.3. The summed E-state index contributed by atoms with van der Waals surface area (Å²) in [4.78, 5) is 39.2. The third kappa shape index (κ3) is 3.65. The van der Waals surface area contributed by atoms with Gasteiger partial charge in [0, 0.05) is 18.5 Å². The topological polar surface area (TPSA) is 95.9 Å². The third-order valence-electron chi connectivity index (χ3n) is 7.39. The van der Waals surface area contributed by atoms with Crippen LogP contribution in [-0.2, 0) is 14.3 Å². The van der Waals surface area contributed by atoms with E-state index in [1.165, 1.54) is 0 Å². The van der Waals surface area contributed by atoms with E-state index in [-0.39, 0.29) is 24.5 Å². The van der Waals surface area contributed by atoms with Crippen molar-refractivity contribution in [1.82, 2.24) is 10.2 Å². The van der Waals surface area contributed by atoms with Crippen LogP contribution in [0.1, 0.15) is 49.7 Å². The van der Waals surface area contributed by atoms with Crippen LogP contribution in [0.25, 0.3) is 11.1 Å². The monoisotopic (exact) mass is 448 g/mol. The molecule has 2 aromatic carbocycles. The maximum atomic E-state index is 13.3. The van der Waals surface area contributed by atoms with Crippen LogP contribution in [0.4, 0.5) is 4.79 Å². The Balaban J connectivity index is 1.25. The van der Waals surface area contributed by atoms with E-state index in [0.29, 0.717) is 32.2 Å². The van der Waals surface area contributed by atoms with E-state index in [1.807, 2.05) is 31.2 Å². The zero-order chi connectivity index (χ0) is 23.2. The van der Waals surface area contributed by atoms with Crippen LogP contribution in [0.2, 0.25) is 0 Å². The molecule has 2 atom stereocenters. The van der Waals surface area contributed by atoms with Crippen molar-refractivity contribution < 1.29 is 24.2 Å². The average Bonchev–Trinajstić information content (AvgIpc) is 3.35. The molecule has 0 aromatic heterocycles. The molecule has 172 valence electrons. The third-order valence-corrected chi connectivity index (χ3v) is 7.39. The minimum absolute atomic E-state index is 0.0478. The molecule has 0 radical (unpaired) electrons.